The van der Waals surface area contributed by atoms with Gasteiger partial charge in [-0.3, -0.25) is 0 Å². The maximum atomic E-state index is 11.7. The molecular weight excluding hydrogens is 175 g/mol. The molecule has 0 aromatic heterocycles. The van der Waals surface area contributed by atoms with Crippen molar-refractivity contribution in [3.05, 3.63) is 0 Å². The molecule has 13 heavy (non-hydrogen) atoms. The van der Waals surface area contributed by atoms with Crippen LogP contribution in [0.3, 0.4) is 0 Å². The summed E-state index contributed by atoms with van der Waals surface area (Å²) < 4.78 is 16.8. The van der Waals surface area contributed by atoms with E-state index in [9.17, 15) is 9.18 Å². The van der Waals surface area contributed by atoms with Gasteiger partial charge in [0.05, 0.1) is 12.6 Å². The molecule has 2 N–H and O–H groups in total. The fourth-order valence-electron chi connectivity index (χ4n) is 1.25. The third-order valence-electron chi connectivity index (χ3n) is 1.88. The number of nitrogens with one attached hydrogen (secondary N) is 2. The van der Waals surface area contributed by atoms with E-state index in [-0.39, 0.29) is 18.6 Å². The zero-order valence-corrected chi connectivity index (χ0v) is 7.51. The summed E-state index contributed by atoms with van der Waals surface area (Å²) in [6, 6.07) is -0.235. The SMILES string of the molecule is O=C(NCCF)N[C@H]1CCCOC1. The second-order valence-electron chi connectivity index (χ2n) is 3.00. The first-order chi connectivity index (χ1) is 6.33. The molecule has 0 unspecified atom stereocenters. The number of rotatable bonds is 3. The van der Waals surface area contributed by atoms with Crippen molar-refractivity contribution in [2.45, 2.75) is 18.9 Å². The highest BCUT2D eigenvalue weighted by Crippen LogP contribution is 2.04. The lowest BCUT2D eigenvalue weighted by atomic mass is 10.1. The molecule has 1 fully saturated rings. The highest BCUT2D eigenvalue weighted by molar-refractivity contribution is 5.74. The molecule has 0 bridgehead atoms. The molecule has 4 nitrogen and oxygen atoms in total. The van der Waals surface area contributed by atoms with Gasteiger partial charge in [-0.1, -0.05) is 0 Å². The van der Waals surface area contributed by atoms with Gasteiger partial charge in [-0.2, -0.15) is 0 Å². The molecule has 0 saturated carbocycles. The van der Waals surface area contributed by atoms with Crippen molar-refractivity contribution in [2.24, 2.45) is 0 Å². The molecule has 0 spiro atoms. The third kappa shape index (κ3) is 4.07. The minimum atomic E-state index is -0.533. The van der Waals surface area contributed by atoms with Crippen LogP contribution in [0.4, 0.5) is 9.18 Å². The summed E-state index contributed by atoms with van der Waals surface area (Å²) in [5.74, 6) is 0. The number of halogens is 1. The molecule has 5 heteroatoms. The minimum absolute atomic E-state index is 0.0689. The van der Waals surface area contributed by atoms with Crippen LogP contribution in [0.1, 0.15) is 12.8 Å². The zero-order chi connectivity index (χ0) is 9.52. The van der Waals surface area contributed by atoms with Gasteiger partial charge < -0.3 is 15.4 Å². The Hall–Kier alpha value is -0.840. The molecule has 0 radical (unpaired) electrons. The molecule has 1 atom stereocenters. The molecule has 1 aliphatic heterocycles. The van der Waals surface area contributed by atoms with Crippen LogP contribution in [-0.4, -0.2) is 38.5 Å². The summed E-state index contributed by atoms with van der Waals surface area (Å²) in [5, 5.41) is 5.11. The van der Waals surface area contributed by atoms with Crippen LogP contribution in [0.2, 0.25) is 0 Å². The molecular formula is C8H15FN2O2. The van der Waals surface area contributed by atoms with Gasteiger partial charge in [0.1, 0.15) is 6.67 Å². The van der Waals surface area contributed by atoms with Crippen LogP contribution in [-0.2, 0) is 4.74 Å². The van der Waals surface area contributed by atoms with Crippen molar-refractivity contribution in [1.29, 1.82) is 0 Å². The van der Waals surface area contributed by atoms with E-state index in [1.807, 2.05) is 0 Å². The van der Waals surface area contributed by atoms with E-state index in [4.69, 9.17) is 4.74 Å². The second-order valence-corrected chi connectivity index (χ2v) is 3.00. The van der Waals surface area contributed by atoms with Gasteiger partial charge in [-0.25, -0.2) is 9.18 Å². The van der Waals surface area contributed by atoms with E-state index in [0.29, 0.717) is 6.61 Å². The number of carbonyl (C=O) groups is 1. The maximum absolute atomic E-state index is 11.7. The zero-order valence-electron chi connectivity index (χ0n) is 7.51. The topological polar surface area (TPSA) is 50.4 Å². The van der Waals surface area contributed by atoms with E-state index in [1.165, 1.54) is 0 Å². The second kappa shape index (κ2) is 5.75. The number of hydrogen-bond acceptors (Lipinski definition) is 2. The van der Waals surface area contributed by atoms with E-state index in [1.54, 1.807) is 0 Å². The monoisotopic (exact) mass is 190 g/mol. The predicted octanol–water partition coefficient (Wildman–Crippen LogP) is 0.434. The molecule has 1 heterocycles. The smallest absolute Gasteiger partial charge is 0.315 e. The molecule has 76 valence electrons. The van der Waals surface area contributed by atoms with Crippen molar-refractivity contribution >= 4 is 6.03 Å². The summed E-state index contributed by atoms with van der Waals surface area (Å²) in [6.07, 6.45) is 1.90. The maximum Gasteiger partial charge on any atom is 0.315 e. The summed E-state index contributed by atoms with van der Waals surface area (Å²) in [4.78, 5) is 11.0. The van der Waals surface area contributed by atoms with Crippen LogP contribution < -0.4 is 10.6 Å². The van der Waals surface area contributed by atoms with Crippen LogP contribution in [0.25, 0.3) is 0 Å². The number of ether oxygens (including phenoxy) is 1. The normalized spacial score (nSPS) is 22.4. The molecule has 1 rings (SSSR count). The Bertz CT molecular complexity index is 160. The molecule has 0 aromatic carbocycles. The van der Waals surface area contributed by atoms with Crippen molar-refractivity contribution in [3.8, 4) is 0 Å². The van der Waals surface area contributed by atoms with Gasteiger partial charge in [0.25, 0.3) is 0 Å². The van der Waals surface area contributed by atoms with Gasteiger partial charge in [-0.15, -0.1) is 0 Å². The summed E-state index contributed by atoms with van der Waals surface area (Å²) in [5.41, 5.74) is 0. The Kier molecular flexibility index (Phi) is 4.53. The number of hydrogen-bond donors (Lipinski definition) is 2. The lowest BCUT2D eigenvalue weighted by molar-refractivity contribution is 0.0732. The Morgan fingerprint density at radius 2 is 2.46 bits per heavy atom. The van der Waals surface area contributed by atoms with Crippen molar-refractivity contribution in [1.82, 2.24) is 10.6 Å². The van der Waals surface area contributed by atoms with Gasteiger partial charge in [0.15, 0.2) is 0 Å². The molecule has 1 aliphatic rings. The average molecular weight is 190 g/mol. The largest absolute Gasteiger partial charge is 0.379 e. The average Bonchev–Trinajstić information content (AvgIpc) is 2.16. The first-order valence-electron chi connectivity index (χ1n) is 4.51. The number of alkyl halides is 1. The van der Waals surface area contributed by atoms with Crippen LogP contribution in [0.5, 0.6) is 0 Å². The highest BCUT2D eigenvalue weighted by Gasteiger charge is 2.15. The predicted molar refractivity (Wildman–Crippen MR) is 46.4 cm³/mol. The summed E-state index contributed by atoms with van der Waals surface area (Å²) in [7, 11) is 0. The minimum Gasteiger partial charge on any atom is -0.379 e. The molecule has 1 saturated heterocycles. The Morgan fingerprint density at radius 1 is 1.62 bits per heavy atom. The Morgan fingerprint density at radius 3 is 3.08 bits per heavy atom. The first kappa shape index (κ1) is 10.2. The van der Waals surface area contributed by atoms with Gasteiger partial charge in [0.2, 0.25) is 0 Å². The van der Waals surface area contributed by atoms with Crippen LogP contribution in [0.15, 0.2) is 0 Å². The van der Waals surface area contributed by atoms with E-state index in [2.05, 4.69) is 10.6 Å². The third-order valence-corrected chi connectivity index (χ3v) is 1.88. The quantitative estimate of drug-likeness (QED) is 0.678. The standard InChI is InChI=1S/C8H15FN2O2/c9-3-4-10-8(12)11-7-2-1-5-13-6-7/h7H,1-6H2,(H2,10,11,12)/t7-/m0/s1. The fraction of sp³-hybridized carbons (Fsp3) is 0.875. The lowest BCUT2D eigenvalue weighted by Gasteiger charge is -2.23. The lowest BCUT2D eigenvalue weighted by Crippen LogP contribution is -2.46. The fourth-order valence-corrected chi connectivity index (χ4v) is 1.25. The number of carbonyl (C=O) groups excluding carboxylic acids is 1. The highest BCUT2D eigenvalue weighted by atomic mass is 19.1. The summed E-state index contributed by atoms with van der Waals surface area (Å²) in [6.45, 7) is 0.862. The summed E-state index contributed by atoms with van der Waals surface area (Å²) >= 11 is 0. The van der Waals surface area contributed by atoms with E-state index in [0.717, 1.165) is 19.4 Å². The Balaban J connectivity index is 2.11. The van der Waals surface area contributed by atoms with Crippen molar-refractivity contribution in [3.63, 3.8) is 0 Å². The molecule has 0 aromatic rings. The molecule has 2 amide bonds. The van der Waals surface area contributed by atoms with Crippen LogP contribution in [0, 0.1) is 0 Å². The molecule has 0 aliphatic carbocycles. The van der Waals surface area contributed by atoms with E-state index < -0.39 is 6.67 Å². The van der Waals surface area contributed by atoms with Crippen LogP contribution >= 0.6 is 0 Å². The first-order valence-corrected chi connectivity index (χ1v) is 4.51. The van der Waals surface area contributed by atoms with Gasteiger partial charge in [-0.05, 0) is 12.8 Å². The number of urea groups is 1. The van der Waals surface area contributed by atoms with Gasteiger partial charge in [0, 0.05) is 13.2 Å². The van der Waals surface area contributed by atoms with Gasteiger partial charge >= 0.3 is 6.03 Å². The van der Waals surface area contributed by atoms with Crippen molar-refractivity contribution < 1.29 is 13.9 Å². The van der Waals surface area contributed by atoms with Crippen molar-refractivity contribution in [2.75, 3.05) is 26.4 Å². The number of amides is 2. The Labute approximate surface area is 76.8 Å². The van der Waals surface area contributed by atoms with E-state index >= 15 is 0 Å².